The summed E-state index contributed by atoms with van der Waals surface area (Å²) in [4.78, 5) is 26.5. The normalized spacial score (nSPS) is 10.4. The minimum Gasteiger partial charge on any atom is -0.461 e. The van der Waals surface area contributed by atoms with E-state index in [0.717, 1.165) is 9.75 Å². The van der Waals surface area contributed by atoms with Gasteiger partial charge in [0.15, 0.2) is 5.76 Å². The van der Waals surface area contributed by atoms with Crippen molar-refractivity contribution in [1.82, 2.24) is 10.6 Å². The summed E-state index contributed by atoms with van der Waals surface area (Å²) >= 11 is 2.94. The first-order chi connectivity index (χ1) is 11.2. The van der Waals surface area contributed by atoms with Gasteiger partial charge in [0, 0.05) is 9.75 Å². The maximum atomic E-state index is 12.1. The lowest BCUT2D eigenvalue weighted by Crippen LogP contribution is -2.34. The van der Waals surface area contributed by atoms with Crippen LogP contribution in [0.4, 0.5) is 4.79 Å². The summed E-state index contributed by atoms with van der Waals surface area (Å²) in [5.41, 5.74) is 0. The lowest BCUT2D eigenvalue weighted by molar-refractivity contribution is 0.101. The van der Waals surface area contributed by atoms with E-state index in [1.807, 2.05) is 23.6 Å². The van der Waals surface area contributed by atoms with E-state index in [0.29, 0.717) is 23.7 Å². The van der Waals surface area contributed by atoms with Crippen molar-refractivity contribution < 1.29 is 14.0 Å². The molecule has 0 aromatic carbocycles. The summed E-state index contributed by atoms with van der Waals surface area (Å²) in [6.07, 6.45) is 1.47. The monoisotopic (exact) mass is 346 g/mol. The van der Waals surface area contributed by atoms with Crippen molar-refractivity contribution in [3.63, 3.8) is 0 Å². The zero-order chi connectivity index (χ0) is 16.1. The van der Waals surface area contributed by atoms with Crippen LogP contribution in [0.25, 0.3) is 0 Å². The Morgan fingerprint density at radius 2 is 1.83 bits per heavy atom. The van der Waals surface area contributed by atoms with Gasteiger partial charge in [0.1, 0.15) is 0 Å². The number of carbonyl (C=O) groups is 2. The third kappa shape index (κ3) is 4.08. The van der Waals surface area contributed by atoms with E-state index < -0.39 is 0 Å². The summed E-state index contributed by atoms with van der Waals surface area (Å²) in [7, 11) is 0. The highest BCUT2D eigenvalue weighted by atomic mass is 32.1. The molecule has 3 aromatic rings. The van der Waals surface area contributed by atoms with E-state index in [2.05, 4.69) is 10.6 Å². The van der Waals surface area contributed by atoms with Crippen molar-refractivity contribution in [1.29, 1.82) is 0 Å². The number of hydrogen-bond donors (Lipinski definition) is 2. The number of thiophene rings is 2. The molecule has 0 aliphatic heterocycles. The van der Waals surface area contributed by atoms with E-state index >= 15 is 0 Å². The summed E-state index contributed by atoms with van der Waals surface area (Å²) in [6.45, 7) is 0.891. The van der Waals surface area contributed by atoms with E-state index in [4.69, 9.17) is 4.42 Å². The largest absolute Gasteiger partial charge is 0.461 e. The van der Waals surface area contributed by atoms with Gasteiger partial charge >= 0.3 is 6.03 Å². The van der Waals surface area contributed by atoms with Gasteiger partial charge in [0.05, 0.1) is 24.2 Å². The van der Waals surface area contributed by atoms with Crippen LogP contribution in [0.15, 0.2) is 52.5 Å². The van der Waals surface area contributed by atoms with Gasteiger partial charge in [-0.05, 0) is 35.7 Å². The Kier molecular flexibility index (Phi) is 4.89. The molecule has 2 N–H and O–H groups in total. The molecule has 5 nitrogen and oxygen atoms in total. The van der Waals surface area contributed by atoms with Crippen molar-refractivity contribution in [2.75, 3.05) is 0 Å². The van der Waals surface area contributed by atoms with Crippen LogP contribution in [0.3, 0.4) is 0 Å². The molecule has 23 heavy (non-hydrogen) atoms. The van der Waals surface area contributed by atoms with Crippen LogP contribution in [0, 0.1) is 0 Å². The number of ketones is 1. The Hall–Kier alpha value is -2.38. The van der Waals surface area contributed by atoms with Crippen molar-refractivity contribution >= 4 is 34.5 Å². The van der Waals surface area contributed by atoms with Gasteiger partial charge in [-0.3, -0.25) is 4.79 Å². The fourth-order valence-corrected chi connectivity index (χ4v) is 3.47. The molecule has 0 saturated heterocycles. The molecule has 0 radical (unpaired) electrons. The van der Waals surface area contributed by atoms with Gasteiger partial charge in [-0.2, -0.15) is 0 Å². The van der Waals surface area contributed by atoms with Crippen molar-refractivity contribution in [2.45, 2.75) is 13.1 Å². The SMILES string of the molecule is O=C(NCc1cccs1)NCc1ccc(C(=O)c2ccco2)s1. The summed E-state index contributed by atoms with van der Waals surface area (Å²) in [5, 5.41) is 7.54. The number of amides is 2. The number of furan rings is 1. The topological polar surface area (TPSA) is 71.3 Å². The second kappa shape index (κ2) is 7.26. The zero-order valence-corrected chi connectivity index (χ0v) is 13.7. The van der Waals surface area contributed by atoms with Crippen molar-refractivity contribution in [2.24, 2.45) is 0 Å². The van der Waals surface area contributed by atoms with Crippen LogP contribution in [0.1, 0.15) is 25.2 Å². The minimum absolute atomic E-state index is 0.145. The Bertz CT molecular complexity index is 776. The first-order valence-corrected chi connectivity index (χ1v) is 8.63. The molecule has 0 spiro atoms. The molecule has 3 rings (SSSR count). The van der Waals surface area contributed by atoms with Crippen LogP contribution in [0.5, 0.6) is 0 Å². The van der Waals surface area contributed by atoms with Crippen LogP contribution in [0.2, 0.25) is 0 Å². The van der Waals surface area contributed by atoms with Gasteiger partial charge in [0.25, 0.3) is 0 Å². The summed E-state index contributed by atoms with van der Waals surface area (Å²) in [5.74, 6) is 0.174. The predicted molar refractivity (Wildman–Crippen MR) is 89.9 cm³/mol. The molecule has 3 aromatic heterocycles. The highest BCUT2D eigenvalue weighted by Gasteiger charge is 2.14. The third-order valence-electron chi connectivity index (χ3n) is 3.06. The number of carbonyl (C=O) groups excluding carboxylic acids is 2. The highest BCUT2D eigenvalue weighted by molar-refractivity contribution is 7.14. The quantitative estimate of drug-likeness (QED) is 0.670. The maximum absolute atomic E-state index is 12.1. The van der Waals surface area contributed by atoms with Gasteiger partial charge in [-0.1, -0.05) is 6.07 Å². The lowest BCUT2D eigenvalue weighted by atomic mass is 10.2. The Labute approximate surface area is 141 Å². The molecule has 118 valence electrons. The van der Waals surface area contributed by atoms with E-state index in [1.165, 1.54) is 17.6 Å². The standard InChI is InChI=1S/C16H14N2O3S2/c19-15(13-4-1-7-21-13)14-6-5-12(23-14)10-18-16(20)17-9-11-3-2-8-22-11/h1-8H,9-10H2,(H2,17,18,20). The minimum atomic E-state index is -0.231. The van der Waals surface area contributed by atoms with E-state index in [9.17, 15) is 9.59 Å². The molecular formula is C16H14N2O3S2. The number of hydrogen-bond acceptors (Lipinski definition) is 5. The second-order valence-corrected chi connectivity index (χ2v) is 6.89. The number of urea groups is 1. The van der Waals surface area contributed by atoms with Gasteiger partial charge in [-0.25, -0.2) is 4.79 Å². The third-order valence-corrected chi connectivity index (χ3v) is 5.02. The van der Waals surface area contributed by atoms with E-state index in [1.54, 1.807) is 29.5 Å². The predicted octanol–water partition coefficient (Wildman–Crippen LogP) is 3.63. The molecular weight excluding hydrogens is 332 g/mol. The van der Waals surface area contributed by atoms with Crippen molar-refractivity contribution in [3.8, 4) is 0 Å². The molecule has 0 fully saturated rings. The number of rotatable bonds is 6. The molecule has 0 aliphatic rings. The molecule has 0 saturated carbocycles. The fourth-order valence-electron chi connectivity index (χ4n) is 1.93. The Morgan fingerprint density at radius 3 is 2.52 bits per heavy atom. The molecule has 2 amide bonds. The molecule has 0 aliphatic carbocycles. The van der Waals surface area contributed by atoms with Crippen LogP contribution in [-0.4, -0.2) is 11.8 Å². The zero-order valence-electron chi connectivity index (χ0n) is 12.1. The summed E-state index contributed by atoms with van der Waals surface area (Å²) < 4.78 is 5.10. The Morgan fingerprint density at radius 1 is 1.00 bits per heavy atom. The first-order valence-electron chi connectivity index (χ1n) is 6.93. The first kappa shape index (κ1) is 15.5. The van der Waals surface area contributed by atoms with Gasteiger partial charge in [0.2, 0.25) is 5.78 Å². The Balaban J connectivity index is 1.49. The van der Waals surface area contributed by atoms with Crippen LogP contribution in [-0.2, 0) is 13.1 Å². The van der Waals surface area contributed by atoms with Gasteiger partial charge in [-0.15, -0.1) is 22.7 Å². The van der Waals surface area contributed by atoms with E-state index in [-0.39, 0.29) is 11.8 Å². The lowest BCUT2D eigenvalue weighted by Gasteiger charge is -2.05. The highest BCUT2D eigenvalue weighted by Crippen LogP contribution is 2.20. The molecule has 0 unspecified atom stereocenters. The second-order valence-electron chi connectivity index (χ2n) is 4.69. The average molecular weight is 346 g/mol. The van der Waals surface area contributed by atoms with Crippen LogP contribution < -0.4 is 10.6 Å². The smallest absolute Gasteiger partial charge is 0.315 e. The molecule has 7 heteroatoms. The fraction of sp³-hybridized carbons (Fsp3) is 0.125. The molecule has 0 bridgehead atoms. The van der Waals surface area contributed by atoms with Crippen LogP contribution >= 0.6 is 22.7 Å². The summed E-state index contributed by atoms with van der Waals surface area (Å²) in [6, 6.07) is 10.6. The van der Waals surface area contributed by atoms with Gasteiger partial charge < -0.3 is 15.1 Å². The number of nitrogens with one attached hydrogen (secondary N) is 2. The molecule has 0 atom stereocenters. The average Bonchev–Trinajstić information content (AvgIpc) is 3.33. The van der Waals surface area contributed by atoms with Crippen molar-refractivity contribution in [3.05, 3.63) is 68.4 Å². The maximum Gasteiger partial charge on any atom is 0.315 e. The molecule has 3 heterocycles.